The number of aryl methyl sites for hydroxylation is 1. The van der Waals surface area contributed by atoms with Gasteiger partial charge in [-0.2, -0.15) is 0 Å². The number of rotatable bonds is 1. The molecule has 0 amide bonds. The Hall–Kier alpha value is -1.03. The molecule has 0 spiro atoms. The van der Waals surface area contributed by atoms with Gasteiger partial charge < -0.3 is 5.43 Å². The largest absolute Gasteiger partial charge is 0.323 e. The van der Waals surface area contributed by atoms with Gasteiger partial charge in [0, 0.05) is 16.1 Å². The van der Waals surface area contributed by atoms with Crippen molar-refractivity contribution in [3.63, 3.8) is 0 Å². The van der Waals surface area contributed by atoms with Gasteiger partial charge in [-0.25, -0.2) is 0 Å². The molecule has 0 aliphatic carbocycles. The van der Waals surface area contributed by atoms with Crippen molar-refractivity contribution < 1.29 is 0 Å². The molecule has 0 unspecified atom stereocenters. The van der Waals surface area contributed by atoms with Gasteiger partial charge in [-0.05, 0) is 31.5 Å². The Bertz CT molecular complexity index is 567. The summed E-state index contributed by atoms with van der Waals surface area (Å²) in [7, 11) is 0. The fourth-order valence-corrected chi connectivity index (χ4v) is 2.23. The fraction of sp³-hybridized carbons (Fsp3) is 0.182. The molecule has 84 valence electrons. The van der Waals surface area contributed by atoms with Gasteiger partial charge in [0.1, 0.15) is 0 Å². The van der Waals surface area contributed by atoms with Crippen molar-refractivity contribution in [2.75, 3.05) is 5.43 Å². The SMILES string of the molecule is Cc1nc2c(Cl)cc(Cl)cc2c(NN)c1C. The van der Waals surface area contributed by atoms with Gasteiger partial charge in [0.2, 0.25) is 0 Å². The number of fused-ring (bicyclic) bond motifs is 1. The van der Waals surface area contributed by atoms with Crippen molar-refractivity contribution >= 4 is 39.8 Å². The van der Waals surface area contributed by atoms with E-state index >= 15 is 0 Å². The highest BCUT2D eigenvalue weighted by Gasteiger charge is 2.11. The maximum Gasteiger partial charge on any atom is 0.0913 e. The summed E-state index contributed by atoms with van der Waals surface area (Å²) in [6.45, 7) is 3.87. The van der Waals surface area contributed by atoms with Crippen LogP contribution in [0.2, 0.25) is 10.0 Å². The molecule has 5 heteroatoms. The molecule has 2 rings (SSSR count). The zero-order valence-corrected chi connectivity index (χ0v) is 10.4. The number of anilines is 1. The molecule has 16 heavy (non-hydrogen) atoms. The van der Waals surface area contributed by atoms with Crippen LogP contribution in [0.5, 0.6) is 0 Å². The van der Waals surface area contributed by atoms with Crippen LogP contribution in [0.4, 0.5) is 5.69 Å². The third-order valence-corrected chi connectivity index (χ3v) is 3.15. The molecule has 0 saturated carbocycles. The first-order valence-electron chi connectivity index (χ1n) is 4.77. The van der Waals surface area contributed by atoms with Crippen LogP contribution in [0.25, 0.3) is 10.9 Å². The molecule has 0 atom stereocenters. The zero-order chi connectivity index (χ0) is 11.9. The molecule has 0 fully saturated rings. The van der Waals surface area contributed by atoms with E-state index < -0.39 is 0 Å². The summed E-state index contributed by atoms with van der Waals surface area (Å²) in [5.41, 5.74) is 6.09. The number of benzene rings is 1. The molecule has 1 heterocycles. The topological polar surface area (TPSA) is 50.9 Å². The molecular weight excluding hydrogens is 245 g/mol. The lowest BCUT2D eigenvalue weighted by molar-refractivity contribution is 1.18. The summed E-state index contributed by atoms with van der Waals surface area (Å²) >= 11 is 12.1. The molecule has 3 N–H and O–H groups in total. The third-order valence-electron chi connectivity index (χ3n) is 2.64. The molecule has 0 saturated heterocycles. The van der Waals surface area contributed by atoms with E-state index in [1.165, 1.54) is 0 Å². The quantitative estimate of drug-likeness (QED) is 0.607. The first-order chi connectivity index (χ1) is 7.54. The van der Waals surface area contributed by atoms with Crippen LogP contribution in [-0.4, -0.2) is 4.98 Å². The van der Waals surface area contributed by atoms with Crippen molar-refractivity contribution in [1.29, 1.82) is 0 Å². The second-order valence-corrected chi connectivity index (χ2v) is 4.47. The third kappa shape index (κ3) is 1.71. The number of hydrogen-bond acceptors (Lipinski definition) is 3. The highest BCUT2D eigenvalue weighted by atomic mass is 35.5. The molecule has 3 nitrogen and oxygen atoms in total. The maximum atomic E-state index is 6.10. The molecule has 0 aliphatic heterocycles. The maximum absolute atomic E-state index is 6.10. The van der Waals surface area contributed by atoms with Crippen LogP contribution in [0.3, 0.4) is 0 Å². The van der Waals surface area contributed by atoms with E-state index in [0.717, 1.165) is 22.3 Å². The van der Waals surface area contributed by atoms with Gasteiger partial charge in [-0.15, -0.1) is 0 Å². The predicted molar refractivity (Wildman–Crippen MR) is 69.0 cm³/mol. The van der Waals surface area contributed by atoms with Gasteiger partial charge in [0.25, 0.3) is 0 Å². The monoisotopic (exact) mass is 255 g/mol. The minimum absolute atomic E-state index is 0.530. The average molecular weight is 256 g/mol. The van der Waals surface area contributed by atoms with E-state index in [2.05, 4.69) is 10.4 Å². The molecule has 0 radical (unpaired) electrons. The van der Waals surface area contributed by atoms with Crippen LogP contribution >= 0.6 is 23.2 Å². The van der Waals surface area contributed by atoms with Crippen molar-refractivity contribution in [2.24, 2.45) is 5.84 Å². The number of nitrogen functional groups attached to an aromatic ring is 1. The standard InChI is InChI=1S/C11H11Cl2N3/c1-5-6(2)15-11-8(10(5)16-14)3-7(12)4-9(11)13/h3-4H,14H2,1-2H3,(H,15,16). The number of hydrazine groups is 1. The number of halogens is 2. The summed E-state index contributed by atoms with van der Waals surface area (Å²) in [5.74, 6) is 5.52. The smallest absolute Gasteiger partial charge is 0.0913 e. The molecule has 2 aromatic rings. The average Bonchev–Trinajstić information content (AvgIpc) is 2.22. The fourth-order valence-electron chi connectivity index (χ4n) is 1.69. The highest BCUT2D eigenvalue weighted by molar-refractivity contribution is 6.38. The normalized spacial score (nSPS) is 10.8. The molecule has 0 aliphatic rings. The van der Waals surface area contributed by atoms with Gasteiger partial charge in [-0.1, -0.05) is 23.2 Å². The van der Waals surface area contributed by atoms with Gasteiger partial charge in [-0.3, -0.25) is 10.8 Å². The van der Waals surface area contributed by atoms with E-state index in [1.807, 2.05) is 13.8 Å². The summed E-state index contributed by atoms with van der Waals surface area (Å²) < 4.78 is 0. The molecule has 1 aromatic heterocycles. The van der Waals surface area contributed by atoms with E-state index in [-0.39, 0.29) is 0 Å². The van der Waals surface area contributed by atoms with Crippen LogP contribution in [0.15, 0.2) is 12.1 Å². The lowest BCUT2D eigenvalue weighted by Crippen LogP contribution is -2.10. The summed E-state index contributed by atoms with van der Waals surface area (Å²) in [4.78, 5) is 4.44. The second-order valence-electron chi connectivity index (χ2n) is 3.63. The summed E-state index contributed by atoms with van der Waals surface area (Å²) in [5, 5.41) is 1.93. The summed E-state index contributed by atoms with van der Waals surface area (Å²) in [6, 6.07) is 3.48. The Morgan fingerprint density at radius 3 is 2.56 bits per heavy atom. The Morgan fingerprint density at radius 2 is 1.94 bits per heavy atom. The lowest BCUT2D eigenvalue weighted by Gasteiger charge is -2.12. The van der Waals surface area contributed by atoms with Gasteiger partial charge in [0.15, 0.2) is 0 Å². The van der Waals surface area contributed by atoms with Crippen molar-refractivity contribution in [2.45, 2.75) is 13.8 Å². The Labute approximate surface area is 104 Å². The Balaban J connectivity index is 2.96. The van der Waals surface area contributed by atoms with Crippen molar-refractivity contribution in [3.05, 3.63) is 33.4 Å². The number of aromatic nitrogens is 1. The Kier molecular flexibility index (Phi) is 2.93. The minimum Gasteiger partial charge on any atom is -0.323 e. The molecular formula is C11H11Cl2N3. The van der Waals surface area contributed by atoms with Crippen LogP contribution < -0.4 is 11.3 Å². The predicted octanol–water partition coefficient (Wildman–Crippen LogP) is 3.44. The highest BCUT2D eigenvalue weighted by Crippen LogP contribution is 2.33. The Morgan fingerprint density at radius 1 is 1.25 bits per heavy atom. The van der Waals surface area contributed by atoms with E-state index in [0.29, 0.717) is 15.6 Å². The van der Waals surface area contributed by atoms with Gasteiger partial charge >= 0.3 is 0 Å². The first kappa shape index (κ1) is 11.5. The van der Waals surface area contributed by atoms with Gasteiger partial charge in [0.05, 0.1) is 16.2 Å². The summed E-state index contributed by atoms with van der Waals surface area (Å²) in [6.07, 6.45) is 0. The van der Waals surface area contributed by atoms with Crippen LogP contribution in [0.1, 0.15) is 11.3 Å². The van der Waals surface area contributed by atoms with Crippen LogP contribution in [-0.2, 0) is 0 Å². The van der Waals surface area contributed by atoms with E-state index in [4.69, 9.17) is 29.0 Å². The zero-order valence-electron chi connectivity index (χ0n) is 8.94. The van der Waals surface area contributed by atoms with Crippen LogP contribution in [0, 0.1) is 13.8 Å². The number of nitrogens with two attached hydrogens (primary N) is 1. The molecule has 0 bridgehead atoms. The number of pyridine rings is 1. The number of nitrogens with one attached hydrogen (secondary N) is 1. The lowest BCUT2D eigenvalue weighted by atomic mass is 10.1. The van der Waals surface area contributed by atoms with Crippen molar-refractivity contribution in [3.8, 4) is 0 Å². The van der Waals surface area contributed by atoms with E-state index in [1.54, 1.807) is 12.1 Å². The molecule has 1 aromatic carbocycles. The second kappa shape index (κ2) is 4.09. The first-order valence-corrected chi connectivity index (χ1v) is 5.52. The number of nitrogens with zero attached hydrogens (tertiary/aromatic N) is 1. The van der Waals surface area contributed by atoms with E-state index in [9.17, 15) is 0 Å². The van der Waals surface area contributed by atoms with Crippen molar-refractivity contribution in [1.82, 2.24) is 4.98 Å². The number of hydrogen-bond donors (Lipinski definition) is 2. The minimum atomic E-state index is 0.530.